The Hall–Kier alpha value is -1.84. The third kappa shape index (κ3) is 4.68. The van der Waals surface area contributed by atoms with Gasteiger partial charge in [-0.25, -0.2) is 4.79 Å². The fraction of sp³-hybridized carbons (Fsp3) is 0.385. The van der Waals surface area contributed by atoms with Gasteiger partial charge in [0, 0.05) is 5.56 Å². The van der Waals surface area contributed by atoms with Crippen LogP contribution in [0.2, 0.25) is 0 Å². The van der Waals surface area contributed by atoms with Gasteiger partial charge in [-0.15, -0.1) is 0 Å². The van der Waals surface area contributed by atoms with E-state index >= 15 is 0 Å². The number of hydrogen-bond donors (Lipinski definition) is 1. The molecular formula is C13H17NO3. The highest BCUT2D eigenvalue weighted by Crippen LogP contribution is 2.07. The summed E-state index contributed by atoms with van der Waals surface area (Å²) in [6.07, 6.45) is -0.732. The van der Waals surface area contributed by atoms with E-state index in [9.17, 15) is 9.59 Å². The number of rotatable bonds is 1. The molecule has 0 heterocycles. The quantitative estimate of drug-likeness (QED) is 0.814. The van der Waals surface area contributed by atoms with Crippen LogP contribution in [0.4, 0.5) is 4.79 Å². The molecule has 4 nitrogen and oxygen atoms in total. The highest BCUT2D eigenvalue weighted by atomic mass is 16.6. The molecule has 0 atom stereocenters. The average molecular weight is 235 g/mol. The summed E-state index contributed by atoms with van der Waals surface area (Å²) in [4.78, 5) is 23.1. The molecule has 0 aliphatic carbocycles. The zero-order chi connectivity index (χ0) is 13.1. The lowest BCUT2D eigenvalue weighted by molar-refractivity contribution is 0.0508. The Morgan fingerprint density at radius 3 is 2.41 bits per heavy atom. The largest absolute Gasteiger partial charge is 0.444 e. The monoisotopic (exact) mass is 235 g/mol. The van der Waals surface area contributed by atoms with Gasteiger partial charge < -0.3 is 4.74 Å². The van der Waals surface area contributed by atoms with Gasteiger partial charge in [0.25, 0.3) is 5.91 Å². The minimum atomic E-state index is -0.732. The molecule has 92 valence electrons. The van der Waals surface area contributed by atoms with Crippen LogP contribution in [0.25, 0.3) is 0 Å². The molecule has 0 aromatic heterocycles. The topological polar surface area (TPSA) is 55.4 Å². The van der Waals surface area contributed by atoms with Crippen LogP contribution in [0.5, 0.6) is 0 Å². The first-order valence-electron chi connectivity index (χ1n) is 5.39. The molecule has 0 bridgehead atoms. The minimum absolute atomic E-state index is 0.441. The van der Waals surface area contributed by atoms with Gasteiger partial charge in [-0.3, -0.25) is 10.1 Å². The molecule has 1 N–H and O–H groups in total. The molecule has 1 rings (SSSR count). The Morgan fingerprint density at radius 2 is 1.88 bits per heavy atom. The molecule has 1 aromatic carbocycles. The van der Waals surface area contributed by atoms with Crippen molar-refractivity contribution in [3.8, 4) is 0 Å². The van der Waals surface area contributed by atoms with Gasteiger partial charge in [-0.05, 0) is 39.8 Å². The molecule has 4 heteroatoms. The van der Waals surface area contributed by atoms with Crippen molar-refractivity contribution in [3.05, 3.63) is 35.4 Å². The summed E-state index contributed by atoms with van der Waals surface area (Å²) < 4.78 is 4.99. The number of ether oxygens (including phenoxy) is 1. The fourth-order valence-electron chi connectivity index (χ4n) is 1.25. The van der Waals surface area contributed by atoms with Crippen molar-refractivity contribution >= 4 is 12.0 Å². The van der Waals surface area contributed by atoms with Crippen LogP contribution in [0.3, 0.4) is 0 Å². The van der Waals surface area contributed by atoms with E-state index in [-0.39, 0.29) is 0 Å². The normalized spacial score (nSPS) is 10.8. The van der Waals surface area contributed by atoms with E-state index in [1.165, 1.54) is 0 Å². The molecule has 0 saturated carbocycles. The fourth-order valence-corrected chi connectivity index (χ4v) is 1.25. The van der Waals surface area contributed by atoms with Crippen molar-refractivity contribution in [2.45, 2.75) is 33.3 Å². The Balaban J connectivity index is 2.64. The van der Waals surface area contributed by atoms with Gasteiger partial charge in [0.15, 0.2) is 0 Å². The van der Waals surface area contributed by atoms with Crippen LogP contribution in [0.1, 0.15) is 36.7 Å². The summed E-state index contributed by atoms with van der Waals surface area (Å²) in [5, 5.41) is 2.18. The van der Waals surface area contributed by atoms with Crippen molar-refractivity contribution in [2.24, 2.45) is 0 Å². The number of aryl methyl sites for hydroxylation is 1. The molecule has 0 fully saturated rings. The zero-order valence-corrected chi connectivity index (χ0v) is 10.5. The van der Waals surface area contributed by atoms with Gasteiger partial charge in [-0.2, -0.15) is 0 Å². The number of nitrogens with one attached hydrogen (secondary N) is 1. The van der Waals surface area contributed by atoms with Crippen LogP contribution in [-0.2, 0) is 4.74 Å². The van der Waals surface area contributed by atoms with E-state index in [0.717, 1.165) is 5.56 Å². The van der Waals surface area contributed by atoms with Crippen LogP contribution in [0.15, 0.2) is 24.3 Å². The molecule has 0 aliphatic rings. The summed E-state index contributed by atoms with van der Waals surface area (Å²) in [5.41, 5.74) is 0.787. The smallest absolute Gasteiger partial charge is 0.414 e. The van der Waals surface area contributed by atoms with Crippen molar-refractivity contribution in [1.29, 1.82) is 0 Å². The maximum absolute atomic E-state index is 11.7. The molecule has 2 amide bonds. The number of alkyl carbamates (subject to hydrolysis) is 1. The number of imide groups is 1. The number of amides is 2. The van der Waals surface area contributed by atoms with Crippen molar-refractivity contribution in [1.82, 2.24) is 5.32 Å². The maximum atomic E-state index is 11.7. The Kier molecular flexibility index (Phi) is 3.89. The SMILES string of the molecule is Cc1cccc(C(=O)NC(=O)OC(C)(C)C)c1. The molecule has 0 unspecified atom stereocenters. The van der Waals surface area contributed by atoms with Gasteiger partial charge in [0.1, 0.15) is 5.60 Å². The lowest BCUT2D eigenvalue weighted by atomic mass is 10.1. The lowest BCUT2D eigenvalue weighted by Gasteiger charge is -2.19. The molecule has 0 saturated heterocycles. The van der Waals surface area contributed by atoms with Crippen LogP contribution < -0.4 is 5.32 Å². The zero-order valence-electron chi connectivity index (χ0n) is 10.5. The third-order valence-corrected chi connectivity index (χ3v) is 1.89. The van der Waals surface area contributed by atoms with Gasteiger partial charge >= 0.3 is 6.09 Å². The van der Waals surface area contributed by atoms with Crippen LogP contribution in [-0.4, -0.2) is 17.6 Å². The number of carbonyl (C=O) groups is 2. The van der Waals surface area contributed by atoms with Crippen LogP contribution >= 0.6 is 0 Å². The second kappa shape index (κ2) is 4.99. The lowest BCUT2D eigenvalue weighted by Crippen LogP contribution is -2.36. The van der Waals surface area contributed by atoms with Crippen molar-refractivity contribution in [3.63, 3.8) is 0 Å². The standard InChI is InChI=1S/C13H17NO3/c1-9-6-5-7-10(8-9)11(15)14-12(16)17-13(2,3)4/h5-8H,1-4H3,(H,14,15,16). The number of hydrogen-bond acceptors (Lipinski definition) is 3. The Bertz CT molecular complexity index is 433. The molecule has 0 spiro atoms. The third-order valence-electron chi connectivity index (χ3n) is 1.89. The van der Waals surface area contributed by atoms with Gasteiger partial charge in [0.05, 0.1) is 0 Å². The molecule has 17 heavy (non-hydrogen) atoms. The molecule has 0 radical (unpaired) electrons. The van der Waals surface area contributed by atoms with E-state index in [1.807, 2.05) is 13.0 Å². The first-order chi connectivity index (χ1) is 7.78. The summed E-state index contributed by atoms with van der Waals surface area (Å²) in [6, 6.07) is 7.00. The summed E-state index contributed by atoms with van der Waals surface area (Å²) in [6.45, 7) is 7.10. The average Bonchev–Trinajstić information content (AvgIpc) is 2.14. The first-order valence-corrected chi connectivity index (χ1v) is 5.39. The Morgan fingerprint density at radius 1 is 1.24 bits per heavy atom. The highest BCUT2D eigenvalue weighted by Gasteiger charge is 2.18. The van der Waals surface area contributed by atoms with Gasteiger partial charge in [0.2, 0.25) is 0 Å². The Labute approximate surface area is 101 Å². The van der Waals surface area contributed by atoms with Crippen molar-refractivity contribution < 1.29 is 14.3 Å². The van der Waals surface area contributed by atoms with E-state index < -0.39 is 17.6 Å². The summed E-state index contributed by atoms with van der Waals surface area (Å²) in [7, 11) is 0. The second-order valence-electron chi connectivity index (χ2n) is 4.83. The highest BCUT2D eigenvalue weighted by molar-refractivity contribution is 6.02. The van der Waals surface area contributed by atoms with Crippen molar-refractivity contribution in [2.75, 3.05) is 0 Å². The van der Waals surface area contributed by atoms with E-state index in [2.05, 4.69) is 5.32 Å². The van der Waals surface area contributed by atoms with Crippen LogP contribution in [0, 0.1) is 6.92 Å². The van der Waals surface area contributed by atoms with E-state index in [4.69, 9.17) is 4.74 Å². The second-order valence-corrected chi connectivity index (χ2v) is 4.83. The van der Waals surface area contributed by atoms with E-state index in [1.54, 1.807) is 39.0 Å². The van der Waals surface area contributed by atoms with Gasteiger partial charge in [-0.1, -0.05) is 17.7 Å². The van der Waals surface area contributed by atoms with E-state index in [0.29, 0.717) is 5.56 Å². The number of carbonyl (C=O) groups excluding carboxylic acids is 2. The summed E-state index contributed by atoms with van der Waals surface area (Å²) >= 11 is 0. The summed E-state index contributed by atoms with van der Waals surface area (Å²) in [5.74, 6) is -0.456. The predicted octanol–water partition coefficient (Wildman–Crippen LogP) is 2.66. The minimum Gasteiger partial charge on any atom is -0.444 e. The first kappa shape index (κ1) is 13.2. The number of benzene rings is 1. The predicted molar refractivity (Wildman–Crippen MR) is 64.9 cm³/mol. The maximum Gasteiger partial charge on any atom is 0.414 e. The molecule has 0 aliphatic heterocycles. The molecule has 1 aromatic rings. The molecular weight excluding hydrogens is 218 g/mol.